The second-order valence-electron chi connectivity index (χ2n) is 4.65. The molecule has 0 aliphatic carbocycles. The number of nitrogens with zero attached hydrogens (tertiary/aromatic N) is 2. The number of carbonyl (C=O) groups excluding carboxylic acids is 2. The molecule has 124 valence electrons. The number of anilines is 1. The highest BCUT2D eigenvalue weighted by molar-refractivity contribution is 7.39. The second-order valence-corrected chi connectivity index (χ2v) is 6.82. The molecular weight excluding hydrogens is 348 g/mol. The first-order valence-electron chi connectivity index (χ1n) is 7.17. The van der Waals surface area contributed by atoms with Gasteiger partial charge in [0.2, 0.25) is 5.88 Å². The fourth-order valence-electron chi connectivity index (χ4n) is 1.96. The third-order valence-corrected chi connectivity index (χ3v) is 5.03. The molecule has 7 nitrogen and oxygen atoms in total. The summed E-state index contributed by atoms with van der Waals surface area (Å²) in [4.78, 5) is 32.2. The van der Waals surface area contributed by atoms with Crippen molar-refractivity contribution in [2.75, 3.05) is 11.9 Å². The van der Waals surface area contributed by atoms with Crippen LogP contribution in [0.4, 0.5) is 5.13 Å². The Morgan fingerprint density at radius 2 is 2.17 bits per heavy atom. The predicted molar refractivity (Wildman–Crippen MR) is 93.4 cm³/mol. The first-order valence-corrected chi connectivity index (χ1v) is 8.87. The minimum Gasteiger partial charge on any atom is -0.478 e. The first kappa shape index (κ1) is 16.3. The van der Waals surface area contributed by atoms with Gasteiger partial charge in [-0.25, -0.2) is 9.97 Å². The third kappa shape index (κ3) is 3.69. The number of hydrogen-bond acceptors (Lipinski definition) is 7. The Kier molecular flexibility index (Phi) is 5.02. The van der Waals surface area contributed by atoms with Crippen LogP contribution in [0.2, 0.25) is 0 Å². The lowest BCUT2D eigenvalue weighted by Gasteiger charge is -2.09. The van der Waals surface area contributed by atoms with E-state index in [-0.39, 0.29) is 6.54 Å². The van der Waals surface area contributed by atoms with Crippen LogP contribution in [-0.4, -0.2) is 28.4 Å². The van der Waals surface area contributed by atoms with Gasteiger partial charge in [-0.05, 0) is 24.4 Å². The minimum atomic E-state index is -0.752. The Bertz CT molecular complexity index is 846. The highest BCUT2D eigenvalue weighted by Gasteiger charge is 2.16. The maximum Gasteiger partial charge on any atom is 0.315 e. The summed E-state index contributed by atoms with van der Waals surface area (Å²) < 4.78 is 6.38. The van der Waals surface area contributed by atoms with Crippen molar-refractivity contribution in [1.29, 1.82) is 0 Å². The summed E-state index contributed by atoms with van der Waals surface area (Å²) in [6.07, 6.45) is 1.61. The van der Waals surface area contributed by atoms with Crippen molar-refractivity contribution in [3.05, 3.63) is 35.3 Å². The number of thiophene rings is 1. The fraction of sp³-hybridized carbons (Fsp3) is 0.200. The van der Waals surface area contributed by atoms with Gasteiger partial charge in [0, 0.05) is 18.3 Å². The molecule has 0 unspecified atom stereocenters. The highest BCUT2D eigenvalue weighted by Crippen LogP contribution is 2.30. The number of ether oxygens (including phenoxy) is 1. The Morgan fingerprint density at radius 3 is 2.96 bits per heavy atom. The predicted octanol–water partition coefficient (Wildman–Crippen LogP) is 2.41. The molecule has 3 heterocycles. The molecule has 24 heavy (non-hydrogen) atoms. The molecule has 0 fully saturated rings. The van der Waals surface area contributed by atoms with Gasteiger partial charge in [0.1, 0.15) is 4.01 Å². The van der Waals surface area contributed by atoms with Gasteiger partial charge in [-0.3, -0.25) is 14.9 Å². The van der Waals surface area contributed by atoms with E-state index in [0.717, 1.165) is 9.53 Å². The first-order chi connectivity index (χ1) is 11.7. The van der Waals surface area contributed by atoms with Crippen LogP contribution in [-0.2, 0) is 16.1 Å². The summed E-state index contributed by atoms with van der Waals surface area (Å²) in [5, 5.41) is 7.40. The van der Waals surface area contributed by atoms with Crippen molar-refractivity contribution < 1.29 is 14.3 Å². The lowest BCUT2D eigenvalue weighted by Crippen LogP contribution is -2.35. The van der Waals surface area contributed by atoms with Crippen molar-refractivity contribution in [2.24, 2.45) is 0 Å². The van der Waals surface area contributed by atoms with Crippen molar-refractivity contribution in [3.63, 3.8) is 0 Å². The smallest absolute Gasteiger partial charge is 0.315 e. The molecule has 3 aromatic rings. The lowest BCUT2D eigenvalue weighted by atomic mass is 10.2. The molecule has 0 aromatic carbocycles. The van der Waals surface area contributed by atoms with Crippen LogP contribution in [0.25, 0.3) is 9.53 Å². The zero-order valence-electron chi connectivity index (χ0n) is 12.7. The van der Waals surface area contributed by atoms with Crippen LogP contribution in [0.5, 0.6) is 5.88 Å². The van der Waals surface area contributed by atoms with E-state index in [4.69, 9.17) is 4.74 Å². The number of thiazole rings is 1. The van der Waals surface area contributed by atoms with Gasteiger partial charge in [-0.15, -0.1) is 11.3 Å². The average molecular weight is 362 g/mol. The molecule has 9 heteroatoms. The molecule has 0 aliphatic heterocycles. The van der Waals surface area contributed by atoms with E-state index in [1.54, 1.807) is 29.7 Å². The summed E-state index contributed by atoms with van der Waals surface area (Å²) in [6.45, 7) is 2.48. The van der Waals surface area contributed by atoms with Crippen LogP contribution in [0.15, 0.2) is 29.8 Å². The zero-order chi connectivity index (χ0) is 16.9. The Balaban J connectivity index is 1.58. The SMILES string of the molecule is CCOc1ncccc1CNC(=O)C(=O)Nc1nc2ccsc2s1. The number of nitrogens with one attached hydrogen (secondary N) is 2. The quantitative estimate of drug-likeness (QED) is 0.680. The van der Waals surface area contributed by atoms with Gasteiger partial charge in [0.25, 0.3) is 0 Å². The molecule has 2 N–H and O–H groups in total. The number of carbonyl (C=O) groups is 2. The molecule has 3 aromatic heterocycles. The Morgan fingerprint density at radius 1 is 1.29 bits per heavy atom. The highest BCUT2D eigenvalue weighted by atomic mass is 32.2. The minimum absolute atomic E-state index is 0.155. The van der Waals surface area contributed by atoms with Crippen molar-refractivity contribution in [2.45, 2.75) is 13.5 Å². The zero-order valence-corrected chi connectivity index (χ0v) is 14.4. The number of pyridine rings is 1. The molecule has 0 saturated carbocycles. The summed E-state index contributed by atoms with van der Waals surface area (Å²) in [7, 11) is 0. The van der Waals surface area contributed by atoms with Crippen LogP contribution in [0.1, 0.15) is 12.5 Å². The van der Waals surface area contributed by atoms with Crippen LogP contribution < -0.4 is 15.4 Å². The van der Waals surface area contributed by atoms with E-state index in [1.165, 1.54) is 11.3 Å². The van der Waals surface area contributed by atoms with E-state index in [0.29, 0.717) is 23.2 Å². The number of fused-ring (bicyclic) bond motifs is 1. The van der Waals surface area contributed by atoms with E-state index in [2.05, 4.69) is 20.6 Å². The molecule has 0 saturated heterocycles. The Hall–Kier alpha value is -2.52. The van der Waals surface area contributed by atoms with Crippen LogP contribution >= 0.6 is 22.7 Å². The van der Waals surface area contributed by atoms with E-state index >= 15 is 0 Å². The molecule has 3 rings (SSSR count). The topological polar surface area (TPSA) is 93.2 Å². The Labute approximate surface area is 145 Å². The fourth-order valence-corrected chi connectivity index (χ4v) is 3.79. The van der Waals surface area contributed by atoms with Gasteiger partial charge < -0.3 is 10.1 Å². The van der Waals surface area contributed by atoms with E-state index in [9.17, 15) is 9.59 Å². The molecule has 0 radical (unpaired) electrons. The van der Waals surface area contributed by atoms with E-state index in [1.807, 2.05) is 18.4 Å². The van der Waals surface area contributed by atoms with Crippen molar-refractivity contribution >= 4 is 49.1 Å². The molecular formula is C15H14N4O3S2. The summed E-state index contributed by atoms with van der Waals surface area (Å²) in [5.41, 5.74) is 1.52. The second kappa shape index (κ2) is 7.37. The van der Waals surface area contributed by atoms with Gasteiger partial charge in [0.15, 0.2) is 5.13 Å². The molecule has 0 aliphatic rings. The number of hydrogen-bond donors (Lipinski definition) is 2. The van der Waals surface area contributed by atoms with E-state index < -0.39 is 11.8 Å². The summed E-state index contributed by atoms with van der Waals surface area (Å²) in [5.74, 6) is -1.04. The normalized spacial score (nSPS) is 10.5. The molecule has 0 bridgehead atoms. The molecule has 2 amide bonds. The van der Waals surface area contributed by atoms with Gasteiger partial charge >= 0.3 is 11.8 Å². The molecule has 0 atom stereocenters. The maximum atomic E-state index is 11.9. The standard InChI is InChI=1S/C15H14N4O3S2/c1-2-22-13-9(4-3-6-16-13)8-17-11(20)12(21)19-15-18-10-5-7-23-14(10)24-15/h3-7H,2,8H2,1H3,(H,17,20)(H,18,19,21). The average Bonchev–Trinajstić information content (AvgIpc) is 3.15. The van der Waals surface area contributed by atoms with Gasteiger partial charge in [0.05, 0.1) is 12.1 Å². The number of rotatable bonds is 5. The largest absolute Gasteiger partial charge is 0.478 e. The van der Waals surface area contributed by atoms with Crippen LogP contribution in [0.3, 0.4) is 0 Å². The molecule has 0 spiro atoms. The van der Waals surface area contributed by atoms with Crippen LogP contribution in [0, 0.1) is 0 Å². The monoisotopic (exact) mass is 362 g/mol. The van der Waals surface area contributed by atoms with Crippen molar-refractivity contribution in [3.8, 4) is 5.88 Å². The maximum absolute atomic E-state index is 11.9. The number of amides is 2. The van der Waals surface area contributed by atoms with Gasteiger partial charge in [-0.1, -0.05) is 17.4 Å². The third-order valence-electron chi connectivity index (χ3n) is 3.02. The van der Waals surface area contributed by atoms with Crippen molar-refractivity contribution in [1.82, 2.24) is 15.3 Å². The van der Waals surface area contributed by atoms with Gasteiger partial charge in [-0.2, -0.15) is 0 Å². The lowest BCUT2D eigenvalue weighted by molar-refractivity contribution is -0.136. The number of aromatic nitrogens is 2. The summed E-state index contributed by atoms with van der Waals surface area (Å²) in [6, 6.07) is 5.39. The summed E-state index contributed by atoms with van der Waals surface area (Å²) >= 11 is 2.88.